The van der Waals surface area contributed by atoms with E-state index in [-0.39, 0.29) is 0 Å². The first-order valence-corrected chi connectivity index (χ1v) is 6.18. The van der Waals surface area contributed by atoms with Crippen molar-refractivity contribution in [3.63, 3.8) is 0 Å². The van der Waals surface area contributed by atoms with Gasteiger partial charge in [-0.15, -0.1) is 11.6 Å². The van der Waals surface area contributed by atoms with Gasteiger partial charge in [-0.05, 0) is 30.9 Å². The molecule has 0 saturated carbocycles. The van der Waals surface area contributed by atoms with Crippen LogP contribution in [0.4, 0.5) is 5.82 Å². The van der Waals surface area contributed by atoms with Gasteiger partial charge >= 0.3 is 0 Å². The Morgan fingerprint density at radius 1 is 1.56 bits per heavy atom. The lowest BCUT2D eigenvalue weighted by molar-refractivity contribution is 0.413. The van der Waals surface area contributed by atoms with Crippen molar-refractivity contribution in [3.05, 3.63) is 18.3 Å². The molecule has 2 rings (SSSR count). The van der Waals surface area contributed by atoms with Gasteiger partial charge in [-0.25, -0.2) is 4.98 Å². The molecule has 0 N–H and O–H groups in total. The summed E-state index contributed by atoms with van der Waals surface area (Å²) < 4.78 is 5.09. The van der Waals surface area contributed by atoms with E-state index >= 15 is 0 Å². The average Bonchev–Trinajstić information content (AvgIpc) is 2.78. The monoisotopic (exact) mass is 240 g/mol. The van der Waals surface area contributed by atoms with Crippen LogP contribution >= 0.6 is 11.6 Å². The molecule has 88 valence electrons. The molecule has 1 aliphatic heterocycles. The van der Waals surface area contributed by atoms with Gasteiger partial charge in [0, 0.05) is 19.0 Å². The number of pyridine rings is 1. The van der Waals surface area contributed by atoms with E-state index in [9.17, 15) is 0 Å². The molecule has 0 spiro atoms. The van der Waals surface area contributed by atoms with Gasteiger partial charge in [0.25, 0.3) is 0 Å². The Morgan fingerprint density at radius 3 is 3.06 bits per heavy atom. The Kier molecular flexibility index (Phi) is 3.88. The van der Waals surface area contributed by atoms with Crippen LogP contribution in [0.1, 0.15) is 12.8 Å². The molecule has 1 fully saturated rings. The number of nitrogens with zero attached hydrogens (tertiary/aromatic N) is 2. The van der Waals surface area contributed by atoms with Crippen molar-refractivity contribution in [2.75, 3.05) is 31.0 Å². The van der Waals surface area contributed by atoms with Crippen molar-refractivity contribution >= 4 is 17.4 Å². The maximum Gasteiger partial charge on any atom is 0.137 e. The number of methoxy groups -OCH3 is 1. The van der Waals surface area contributed by atoms with E-state index in [0.717, 1.165) is 42.9 Å². The number of halogens is 1. The lowest BCUT2D eigenvalue weighted by Gasteiger charge is -2.17. The number of anilines is 1. The van der Waals surface area contributed by atoms with Gasteiger partial charge in [-0.3, -0.25) is 0 Å². The number of ether oxygens (including phenoxy) is 1. The molecule has 4 heteroatoms. The molecular formula is C12H17ClN2O. The van der Waals surface area contributed by atoms with E-state index in [4.69, 9.17) is 16.3 Å². The van der Waals surface area contributed by atoms with Crippen LogP contribution in [-0.2, 0) is 0 Å². The minimum atomic E-state index is 0.724. The maximum absolute atomic E-state index is 5.76. The number of aromatic nitrogens is 1. The molecule has 3 nitrogen and oxygen atoms in total. The van der Waals surface area contributed by atoms with Crippen LogP contribution < -0.4 is 9.64 Å². The van der Waals surface area contributed by atoms with Crippen LogP contribution in [0.5, 0.6) is 5.75 Å². The molecule has 1 unspecified atom stereocenters. The molecule has 16 heavy (non-hydrogen) atoms. The van der Waals surface area contributed by atoms with Crippen molar-refractivity contribution in [1.29, 1.82) is 0 Å². The number of alkyl halides is 1. The third-order valence-electron chi connectivity index (χ3n) is 3.08. The van der Waals surface area contributed by atoms with Crippen molar-refractivity contribution in [2.24, 2.45) is 5.92 Å². The van der Waals surface area contributed by atoms with Crippen molar-refractivity contribution in [3.8, 4) is 5.75 Å². The standard InChI is InChI=1S/C12H17ClN2O/c1-16-11-2-3-12(14-8-11)15-7-5-10(9-15)4-6-13/h2-3,8,10H,4-7,9H2,1H3. The van der Waals surface area contributed by atoms with E-state index in [0.29, 0.717) is 0 Å². The topological polar surface area (TPSA) is 25.4 Å². The third kappa shape index (κ3) is 2.59. The van der Waals surface area contributed by atoms with Gasteiger partial charge in [-0.1, -0.05) is 0 Å². The maximum atomic E-state index is 5.76. The molecule has 0 bridgehead atoms. The zero-order valence-electron chi connectivity index (χ0n) is 9.53. The summed E-state index contributed by atoms with van der Waals surface area (Å²) >= 11 is 5.76. The molecule has 1 saturated heterocycles. The van der Waals surface area contributed by atoms with Gasteiger partial charge in [0.05, 0.1) is 13.3 Å². The smallest absolute Gasteiger partial charge is 0.137 e. The number of rotatable bonds is 4. The third-order valence-corrected chi connectivity index (χ3v) is 3.30. The second-order valence-electron chi connectivity index (χ2n) is 4.13. The summed E-state index contributed by atoms with van der Waals surface area (Å²) in [4.78, 5) is 6.71. The first kappa shape index (κ1) is 11.5. The van der Waals surface area contributed by atoms with Crippen molar-refractivity contribution in [1.82, 2.24) is 4.98 Å². The minimum Gasteiger partial charge on any atom is -0.495 e. The van der Waals surface area contributed by atoms with E-state index in [2.05, 4.69) is 9.88 Å². The molecular weight excluding hydrogens is 224 g/mol. The Balaban J connectivity index is 1.97. The van der Waals surface area contributed by atoms with Crippen LogP contribution in [0.15, 0.2) is 18.3 Å². The molecule has 0 aliphatic carbocycles. The Labute approximate surface area is 101 Å². The second-order valence-corrected chi connectivity index (χ2v) is 4.51. The highest BCUT2D eigenvalue weighted by Gasteiger charge is 2.22. The Bertz CT molecular complexity index is 328. The zero-order chi connectivity index (χ0) is 11.4. The van der Waals surface area contributed by atoms with Gasteiger partial charge in [0.1, 0.15) is 11.6 Å². The highest BCUT2D eigenvalue weighted by molar-refractivity contribution is 6.17. The summed E-state index contributed by atoms with van der Waals surface area (Å²) in [7, 11) is 1.66. The summed E-state index contributed by atoms with van der Waals surface area (Å²) in [6.07, 6.45) is 4.10. The molecule has 1 aliphatic rings. The predicted octanol–water partition coefficient (Wildman–Crippen LogP) is 2.55. The first-order valence-electron chi connectivity index (χ1n) is 5.64. The molecule has 0 aromatic carbocycles. The van der Waals surface area contributed by atoms with Gasteiger partial charge < -0.3 is 9.64 Å². The molecule has 1 atom stereocenters. The molecule has 1 aromatic heterocycles. The normalized spacial score (nSPS) is 20.1. The lowest BCUT2D eigenvalue weighted by Crippen LogP contribution is -2.20. The fraction of sp³-hybridized carbons (Fsp3) is 0.583. The number of hydrogen-bond acceptors (Lipinski definition) is 3. The Morgan fingerprint density at radius 2 is 2.44 bits per heavy atom. The molecule has 2 heterocycles. The average molecular weight is 241 g/mol. The van der Waals surface area contributed by atoms with Crippen molar-refractivity contribution < 1.29 is 4.74 Å². The minimum absolute atomic E-state index is 0.724. The van der Waals surface area contributed by atoms with Crippen LogP contribution in [0.2, 0.25) is 0 Å². The molecule has 0 radical (unpaired) electrons. The SMILES string of the molecule is COc1ccc(N2CCC(CCCl)C2)nc1. The zero-order valence-corrected chi connectivity index (χ0v) is 10.3. The van der Waals surface area contributed by atoms with Crippen LogP contribution in [0.3, 0.4) is 0 Å². The van der Waals surface area contributed by atoms with E-state index in [1.807, 2.05) is 12.1 Å². The molecule has 1 aromatic rings. The largest absolute Gasteiger partial charge is 0.495 e. The van der Waals surface area contributed by atoms with Crippen LogP contribution in [0, 0.1) is 5.92 Å². The first-order chi connectivity index (χ1) is 7.83. The van der Waals surface area contributed by atoms with Crippen molar-refractivity contribution in [2.45, 2.75) is 12.8 Å². The summed E-state index contributed by atoms with van der Waals surface area (Å²) in [5.74, 6) is 3.33. The van der Waals surface area contributed by atoms with Gasteiger partial charge in [-0.2, -0.15) is 0 Å². The van der Waals surface area contributed by atoms with Gasteiger partial charge in [0.2, 0.25) is 0 Å². The highest BCUT2D eigenvalue weighted by Crippen LogP contribution is 2.25. The van der Waals surface area contributed by atoms with Crippen LogP contribution in [0.25, 0.3) is 0 Å². The molecule has 0 amide bonds. The van der Waals surface area contributed by atoms with Crippen LogP contribution in [-0.4, -0.2) is 31.1 Å². The summed E-state index contributed by atoms with van der Waals surface area (Å²) in [5, 5.41) is 0. The number of hydrogen-bond donors (Lipinski definition) is 0. The fourth-order valence-corrected chi connectivity index (χ4v) is 2.42. The Hall–Kier alpha value is -0.960. The highest BCUT2D eigenvalue weighted by atomic mass is 35.5. The summed E-state index contributed by atoms with van der Waals surface area (Å²) in [6, 6.07) is 3.97. The quantitative estimate of drug-likeness (QED) is 0.757. The predicted molar refractivity (Wildman–Crippen MR) is 66.4 cm³/mol. The fourth-order valence-electron chi connectivity index (χ4n) is 2.11. The lowest BCUT2D eigenvalue weighted by atomic mass is 10.1. The van der Waals surface area contributed by atoms with E-state index < -0.39 is 0 Å². The van der Waals surface area contributed by atoms with Gasteiger partial charge in [0.15, 0.2) is 0 Å². The second kappa shape index (κ2) is 5.39. The van der Waals surface area contributed by atoms with E-state index in [1.54, 1.807) is 13.3 Å². The summed E-state index contributed by atoms with van der Waals surface area (Å²) in [6.45, 7) is 2.16. The van der Waals surface area contributed by atoms with E-state index in [1.165, 1.54) is 6.42 Å². The summed E-state index contributed by atoms with van der Waals surface area (Å²) in [5.41, 5.74) is 0.